The Hall–Kier alpha value is -7.26. The van der Waals surface area contributed by atoms with Crippen molar-refractivity contribution >= 4 is 70.1 Å². The average molecular weight is 796 g/mol. The van der Waals surface area contributed by atoms with Gasteiger partial charge in [0.05, 0.1) is 5.69 Å². The number of fused-ring (bicyclic) bond motifs is 9. The molecule has 0 saturated heterocycles. The van der Waals surface area contributed by atoms with Crippen molar-refractivity contribution in [1.82, 2.24) is 0 Å². The molecule has 2 heteroatoms. The van der Waals surface area contributed by atoms with Crippen molar-refractivity contribution in [3.63, 3.8) is 0 Å². The second-order valence-electron chi connectivity index (χ2n) is 16.8. The number of nitrogens with zero attached hydrogens (tertiary/aromatic N) is 1. The van der Waals surface area contributed by atoms with E-state index in [0.717, 1.165) is 17.1 Å². The monoisotopic (exact) mass is 795 g/mol. The van der Waals surface area contributed by atoms with Crippen LogP contribution in [0.5, 0.6) is 0 Å². The Bertz CT molecular complexity index is 3480. The molecule has 1 nitrogen and oxygen atoms in total. The number of hydrogen-bond acceptors (Lipinski definition) is 2. The maximum absolute atomic E-state index is 2.51. The van der Waals surface area contributed by atoms with Crippen LogP contribution in [0.1, 0.15) is 25.0 Å². The standard InChI is InChI=1S/C59H41NS/c1-59(2)52-22-12-10-20-48(52)49-33-32-44(37-53(49)59)60(43-30-28-40(29-31-43)51-36-42-16-6-7-17-45(42)46-18-8-9-19-47(46)51)54-34-35-56-58(50-21-11-13-23-55(50)61-56)57(54)41-26-24-39(25-27-41)38-14-4-3-5-15-38/h3-37H,1-2H3. The van der Waals surface area contributed by atoms with Crippen LogP contribution in [0.4, 0.5) is 17.1 Å². The van der Waals surface area contributed by atoms with E-state index < -0.39 is 0 Å². The lowest BCUT2D eigenvalue weighted by atomic mass is 9.82. The van der Waals surface area contributed by atoms with Crippen molar-refractivity contribution in [2.45, 2.75) is 19.3 Å². The molecular formula is C59H41NS. The fourth-order valence-electron chi connectivity index (χ4n) is 10.1. The van der Waals surface area contributed by atoms with Gasteiger partial charge in [0.15, 0.2) is 0 Å². The van der Waals surface area contributed by atoms with Crippen LogP contribution in [0.15, 0.2) is 212 Å². The average Bonchev–Trinajstić information content (AvgIpc) is 3.81. The maximum Gasteiger partial charge on any atom is 0.0547 e. The van der Waals surface area contributed by atoms with E-state index in [0.29, 0.717) is 0 Å². The second-order valence-corrected chi connectivity index (χ2v) is 17.9. The summed E-state index contributed by atoms with van der Waals surface area (Å²) in [6.45, 7) is 4.75. The van der Waals surface area contributed by atoms with Crippen LogP contribution < -0.4 is 4.90 Å². The van der Waals surface area contributed by atoms with Gasteiger partial charge in [-0.3, -0.25) is 0 Å². The van der Waals surface area contributed by atoms with Gasteiger partial charge in [-0.15, -0.1) is 11.3 Å². The molecule has 0 amide bonds. The molecular weight excluding hydrogens is 755 g/mol. The Labute approximate surface area is 360 Å². The van der Waals surface area contributed by atoms with Crippen LogP contribution in [-0.4, -0.2) is 0 Å². The highest BCUT2D eigenvalue weighted by Gasteiger charge is 2.36. The first-order chi connectivity index (χ1) is 30.0. The fraction of sp³-hybridized carbons (Fsp3) is 0.0508. The Morgan fingerprint density at radius 1 is 0.377 bits per heavy atom. The SMILES string of the molecule is CC1(C)c2ccccc2-c2ccc(N(c3ccc(-c4cc5ccccc5c5ccccc45)cc3)c3ccc4sc5ccccc5c4c3-c3ccc(-c4ccccc4)cc3)cc21. The first-order valence-corrected chi connectivity index (χ1v) is 22.0. The highest BCUT2D eigenvalue weighted by Crippen LogP contribution is 2.53. The summed E-state index contributed by atoms with van der Waals surface area (Å²) in [5.41, 5.74) is 16.0. The van der Waals surface area contributed by atoms with Crippen molar-refractivity contribution in [2.75, 3.05) is 4.90 Å². The minimum Gasteiger partial charge on any atom is -0.310 e. The number of benzene rings is 10. The van der Waals surface area contributed by atoms with E-state index in [9.17, 15) is 0 Å². The molecule has 0 unspecified atom stereocenters. The van der Waals surface area contributed by atoms with Crippen LogP contribution in [0, 0.1) is 0 Å². The van der Waals surface area contributed by atoms with Crippen LogP contribution >= 0.6 is 11.3 Å². The van der Waals surface area contributed by atoms with Gasteiger partial charge >= 0.3 is 0 Å². The lowest BCUT2D eigenvalue weighted by Gasteiger charge is -2.30. The van der Waals surface area contributed by atoms with Gasteiger partial charge in [0.1, 0.15) is 0 Å². The molecule has 10 aromatic carbocycles. The Balaban J connectivity index is 1.10. The third kappa shape index (κ3) is 5.67. The molecule has 288 valence electrons. The van der Waals surface area contributed by atoms with Crippen LogP contribution in [0.3, 0.4) is 0 Å². The third-order valence-electron chi connectivity index (χ3n) is 13.1. The molecule has 12 rings (SSSR count). The summed E-state index contributed by atoms with van der Waals surface area (Å²) in [4.78, 5) is 2.51. The first-order valence-electron chi connectivity index (χ1n) is 21.2. The third-order valence-corrected chi connectivity index (χ3v) is 14.2. The lowest BCUT2D eigenvalue weighted by molar-refractivity contribution is 0.660. The summed E-state index contributed by atoms with van der Waals surface area (Å²) in [5.74, 6) is 0. The minimum atomic E-state index is -0.141. The quantitative estimate of drug-likeness (QED) is 0.152. The van der Waals surface area contributed by atoms with Gasteiger partial charge in [0, 0.05) is 42.5 Å². The molecule has 0 bridgehead atoms. The van der Waals surface area contributed by atoms with E-state index >= 15 is 0 Å². The lowest BCUT2D eigenvalue weighted by Crippen LogP contribution is -2.17. The Kier molecular flexibility index (Phi) is 8.13. The van der Waals surface area contributed by atoms with Crippen molar-refractivity contribution in [1.29, 1.82) is 0 Å². The van der Waals surface area contributed by atoms with Gasteiger partial charge in [-0.05, 0) is 120 Å². The van der Waals surface area contributed by atoms with Crippen molar-refractivity contribution in [3.8, 4) is 44.5 Å². The van der Waals surface area contributed by atoms with Gasteiger partial charge in [-0.2, -0.15) is 0 Å². The Morgan fingerprint density at radius 3 is 1.80 bits per heavy atom. The van der Waals surface area contributed by atoms with Crippen LogP contribution in [0.2, 0.25) is 0 Å². The highest BCUT2D eigenvalue weighted by atomic mass is 32.1. The van der Waals surface area contributed by atoms with Crippen molar-refractivity contribution in [3.05, 3.63) is 223 Å². The molecule has 1 aromatic heterocycles. The van der Waals surface area contributed by atoms with Crippen LogP contribution in [0.25, 0.3) is 86.2 Å². The van der Waals surface area contributed by atoms with E-state index in [-0.39, 0.29) is 5.41 Å². The molecule has 1 heterocycles. The molecule has 1 aliphatic carbocycles. The predicted octanol–water partition coefficient (Wildman–Crippen LogP) is 17.1. The van der Waals surface area contributed by atoms with Crippen LogP contribution in [-0.2, 0) is 5.41 Å². The van der Waals surface area contributed by atoms with Gasteiger partial charge < -0.3 is 4.90 Å². The van der Waals surface area contributed by atoms with Gasteiger partial charge in [0.2, 0.25) is 0 Å². The minimum absolute atomic E-state index is 0.141. The number of anilines is 3. The molecule has 0 saturated carbocycles. The van der Waals surface area contributed by atoms with E-state index in [1.807, 2.05) is 11.3 Å². The molecule has 0 aliphatic heterocycles. The van der Waals surface area contributed by atoms with Gasteiger partial charge in [-0.1, -0.05) is 178 Å². The summed E-state index contributed by atoms with van der Waals surface area (Å²) in [5, 5.41) is 7.67. The molecule has 0 fully saturated rings. The van der Waals surface area contributed by atoms with E-state index in [1.165, 1.54) is 97.4 Å². The van der Waals surface area contributed by atoms with Crippen molar-refractivity contribution in [2.24, 2.45) is 0 Å². The zero-order chi connectivity index (χ0) is 40.7. The number of hydrogen-bond donors (Lipinski definition) is 0. The highest BCUT2D eigenvalue weighted by molar-refractivity contribution is 7.26. The summed E-state index contributed by atoms with van der Waals surface area (Å²) in [7, 11) is 0. The molecule has 11 aromatic rings. The molecule has 0 N–H and O–H groups in total. The Morgan fingerprint density at radius 2 is 0.984 bits per heavy atom. The molecule has 61 heavy (non-hydrogen) atoms. The predicted molar refractivity (Wildman–Crippen MR) is 263 cm³/mol. The van der Waals surface area contributed by atoms with E-state index in [1.54, 1.807) is 0 Å². The normalized spacial score (nSPS) is 12.9. The van der Waals surface area contributed by atoms with Crippen molar-refractivity contribution < 1.29 is 0 Å². The molecule has 0 spiro atoms. The van der Waals surface area contributed by atoms with Gasteiger partial charge in [-0.25, -0.2) is 0 Å². The largest absolute Gasteiger partial charge is 0.310 e. The van der Waals surface area contributed by atoms with E-state index in [4.69, 9.17) is 0 Å². The number of thiophene rings is 1. The first kappa shape index (κ1) is 35.7. The molecule has 1 aliphatic rings. The zero-order valence-electron chi connectivity index (χ0n) is 34.1. The summed E-state index contributed by atoms with van der Waals surface area (Å²) in [6, 6.07) is 78.7. The maximum atomic E-state index is 2.51. The fourth-order valence-corrected chi connectivity index (χ4v) is 11.2. The van der Waals surface area contributed by atoms with E-state index in [2.05, 4.69) is 231 Å². The molecule has 0 atom stereocenters. The summed E-state index contributed by atoms with van der Waals surface area (Å²) >= 11 is 1.87. The second kappa shape index (κ2) is 13.9. The smallest absolute Gasteiger partial charge is 0.0547 e. The summed E-state index contributed by atoms with van der Waals surface area (Å²) in [6.07, 6.45) is 0. The summed E-state index contributed by atoms with van der Waals surface area (Å²) < 4.78 is 2.59. The zero-order valence-corrected chi connectivity index (χ0v) is 34.9. The number of rotatable bonds is 6. The molecule has 0 radical (unpaired) electrons. The topological polar surface area (TPSA) is 3.24 Å². The van der Waals surface area contributed by atoms with Gasteiger partial charge in [0.25, 0.3) is 0 Å².